The number of amides is 1. The van der Waals surface area contributed by atoms with E-state index in [1.807, 2.05) is 0 Å². The molecule has 0 saturated heterocycles. The monoisotopic (exact) mass is 349 g/mol. The number of anilines is 1. The zero-order valence-electron chi connectivity index (χ0n) is 13.1. The second kappa shape index (κ2) is 7.70. The van der Waals surface area contributed by atoms with Gasteiger partial charge in [-0.2, -0.15) is 0 Å². The Bertz CT molecular complexity index is 758. The Labute approximate surface area is 144 Å². The fourth-order valence-corrected chi connectivity index (χ4v) is 2.44. The van der Waals surface area contributed by atoms with Crippen LogP contribution in [0.4, 0.5) is 5.69 Å². The summed E-state index contributed by atoms with van der Waals surface area (Å²) in [6, 6.07) is 9.63. The minimum Gasteiger partial charge on any atom is -0.497 e. The lowest BCUT2D eigenvalue weighted by Gasteiger charge is -2.13. The summed E-state index contributed by atoms with van der Waals surface area (Å²) in [4.78, 5) is 23.3. The third-order valence-electron chi connectivity index (χ3n) is 3.29. The van der Waals surface area contributed by atoms with E-state index >= 15 is 0 Å². The normalized spacial score (nSPS) is 10.1. The Hall–Kier alpha value is -2.73. The van der Waals surface area contributed by atoms with Crippen molar-refractivity contribution in [2.24, 2.45) is 0 Å². The quantitative estimate of drug-likeness (QED) is 0.836. The van der Waals surface area contributed by atoms with Gasteiger partial charge in [0.2, 0.25) is 5.91 Å². The van der Waals surface area contributed by atoms with Crippen LogP contribution in [0, 0.1) is 0 Å². The van der Waals surface area contributed by atoms with Crippen LogP contribution >= 0.6 is 11.6 Å². The van der Waals surface area contributed by atoms with Gasteiger partial charge in [-0.25, -0.2) is 4.79 Å². The lowest BCUT2D eigenvalue weighted by Crippen LogP contribution is -2.15. The van der Waals surface area contributed by atoms with Gasteiger partial charge in [0.15, 0.2) is 5.75 Å². The minimum atomic E-state index is -1.15. The molecule has 6 nitrogen and oxygen atoms in total. The van der Waals surface area contributed by atoms with Crippen LogP contribution in [-0.4, -0.2) is 31.2 Å². The number of nitrogens with one attached hydrogen (secondary N) is 1. The fourth-order valence-electron chi connectivity index (χ4n) is 2.14. The van der Waals surface area contributed by atoms with Crippen LogP contribution in [0.5, 0.6) is 11.5 Å². The summed E-state index contributed by atoms with van der Waals surface area (Å²) in [5.41, 5.74) is 0.953. The molecule has 126 valence electrons. The molecule has 0 spiro atoms. The summed E-state index contributed by atoms with van der Waals surface area (Å²) in [6.45, 7) is 0. The molecule has 0 bridgehead atoms. The standard InChI is InChI=1S/C17H16ClNO5/c1-23-12-5-3-10(4-6-12)7-15(20)19-14-9-11(17(21)22)8-13(18)16(14)24-2/h3-6,8-9H,7H2,1-2H3,(H,19,20)(H,21,22). The predicted octanol–water partition coefficient (Wildman–Crippen LogP) is 3.24. The first-order valence-electron chi connectivity index (χ1n) is 6.98. The van der Waals surface area contributed by atoms with Crippen LogP contribution < -0.4 is 14.8 Å². The van der Waals surface area contributed by atoms with Gasteiger partial charge in [-0.15, -0.1) is 0 Å². The van der Waals surface area contributed by atoms with E-state index in [9.17, 15) is 9.59 Å². The van der Waals surface area contributed by atoms with Gasteiger partial charge >= 0.3 is 5.97 Å². The topological polar surface area (TPSA) is 84.9 Å². The molecule has 0 fully saturated rings. The van der Waals surface area contributed by atoms with E-state index in [-0.39, 0.29) is 34.4 Å². The summed E-state index contributed by atoms with van der Waals surface area (Å²) in [5.74, 6) is -0.561. The molecule has 2 aromatic carbocycles. The first-order valence-corrected chi connectivity index (χ1v) is 7.36. The molecule has 0 saturated carbocycles. The number of carbonyl (C=O) groups excluding carboxylic acids is 1. The Morgan fingerprint density at radius 2 is 1.79 bits per heavy atom. The number of carboxylic acid groups (broad SMARTS) is 1. The van der Waals surface area contributed by atoms with Crippen LogP contribution in [0.25, 0.3) is 0 Å². The van der Waals surface area contributed by atoms with Crippen molar-refractivity contribution in [3.05, 3.63) is 52.5 Å². The Balaban J connectivity index is 2.19. The molecule has 2 N–H and O–H groups in total. The third kappa shape index (κ3) is 4.17. The molecule has 0 aromatic heterocycles. The molecule has 0 aliphatic rings. The van der Waals surface area contributed by atoms with Crippen molar-refractivity contribution in [3.63, 3.8) is 0 Å². The fraction of sp³-hybridized carbons (Fsp3) is 0.176. The number of rotatable bonds is 6. The number of benzene rings is 2. The van der Waals surface area contributed by atoms with Crippen molar-refractivity contribution in [3.8, 4) is 11.5 Å². The van der Waals surface area contributed by atoms with Gasteiger partial charge in [0.25, 0.3) is 0 Å². The van der Waals surface area contributed by atoms with Gasteiger partial charge in [-0.05, 0) is 29.8 Å². The molecule has 2 aromatic rings. The van der Waals surface area contributed by atoms with Crippen molar-refractivity contribution in [2.75, 3.05) is 19.5 Å². The molecule has 24 heavy (non-hydrogen) atoms. The number of hydrogen-bond acceptors (Lipinski definition) is 4. The SMILES string of the molecule is COc1ccc(CC(=O)Nc2cc(C(=O)O)cc(Cl)c2OC)cc1. The average Bonchev–Trinajstić information content (AvgIpc) is 2.55. The van der Waals surface area contributed by atoms with Gasteiger partial charge in [-0.3, -0.25) is 4.79 Å². The number of halogens is 1. The van der Waals surface area contributed by atoms with E-state index < -0.39 is 5.97 Å². The number of ether oxygens (including phenoxy) is 2. The van der Waals surface area contributed by atoms with Gasteiger partial charge < -0.3 is 19.9 Å². The maximum atomic E-state index is 12.2. The highest BCUT2D eigenvalue weighted by Gasteiger charge is 2.16. The highest BCUT2D eigenvalue weighted by Crippen LogP contribution is 2.34. The molecule has 7 heteroatoms. The molecule has 2 rings (SSSR count). The molecular weight excluding hydrogens is 334 g/mol. The Morgan fingerprint density at radius 3 is 2.33 bits per heavy atom. The lowest BCUT2D eigenvalue weighted by atomic mass is 10.1. The first-order chi connectivity index (χ1) is 11.4. The Kier molecular flexibility index (Phi) is 5.65. The van der Waals surface area contributed by atoms with Crippen molar-refractivity contribution >= 4 is 29.2 Å². The van der Waals surface area contributed by atoms with Crippen LogP contribution in [0.2, 0.25) is 5.02 Å². The van der Waals surface area contributed by atoms with Gasteiger partial charge in [0, 0.05) is 0 Å². The maximum Gasteiger partial charge on any atom is 0.335 e. The smallest absolute Gasteiger partial charge is 0.335 e. The number of aromatic carboxylic acids is 1. The summed E-state index contributed by atoms with van der Waals surface area (Å²) in [7, 11) is 2.95. The maximum absolute atomic E-state index is 12.2. The van der Waals surface area contributed by atoms with E-state index in [1.165, 1.54) is 19.2 Å². The van der Waals surface area contributed by atoms with Gasteiger partial charge in [0.05, 0.1) is 36.9 Å². The molecule has 0 heterocycles. The van der Waals surface area contributed by atoms with E-state index in [0.717, 1.165) is 5.56 Å². The molecule has 0 aliphatic heterocycles. The highest BCUT2D eigenvalue weighted by molar-refractivity contribution is 6.33. The van der Waals surface area contributed by atoms with Crippen molar-refractivity contribution in [1.29, 1.82) is 0 Å². The molecule has 0 atom stereocenters. The van der Waals surface area contributed by atoms with Crippen LogP contribution in [-0.2, 0) is 11.2 Å². The second-order valence-electron chi connectivity index (χ2n) is 4.92. The van der Waals surface area contributed by atoms with Gasteiger partial charge in [-0.1, -0.05) is 23.7 Å². The van der Waals surface area contributed by atoms with E-state index in [2.05, 4.69) is 5.32 Å². The number of carbonyl (C=O) groups is 2. The van der Waals surface area contributed by atoms with Crippen molar-refractivity contribution in [2.45, 2.75) is 6.42 Å². The molecular formula is C17H16ClNO5. The highest BCUT2D eigenvalue weighted by atomic mass is 35.5. The van der Waals surface area contributed by atoms with E-state index in [4.69, 9.17) is 26.2 Å². The van der Waals surface area contributed by atoms with Crippen molar-refractivity contribution in [1.82, 2.24) is 0 Å². The molecule has 1 amide bonds. The average molecular weight is 350 g/mol. The number of methoxy groups -OCH3 is 2. The van der Waals surface area contributed by atoms with Crippen LogP contribution in [0.3, 0.4) is 0 Å². The summed E-state index contributed by atoms with van der Waals surface area (Å²) >= 11 is 6.00. The number of hydrogen-bond donors (Lipinski definition) is 2. The van der Waals surface area contributed by atoms with Crippen LogP contribution in [0.1, 0.15) is 15.9 Å². The largest absolute Gasteiger partial charge is 0.497 e. The summed E-state index contributed by atoms with van der Waals surface area (Å²) in [5, 5.41) is 11.8. The summed E-state index contributed by atoms with van der Waals surface area (Å²) < 4.78 is 10.2. The lowest BCUT2D eigenvalue weighted by molar-refractivity contribution is -0.115. The zero-order chi connectivity index (χ0) is 17.7. The second-order valence-corrected chi connectivity index (χ2v) is 5.32. The van der Waals surface area contributed by atoms with E-state index in [1.54, 1.807) is 31.4 Å². The molecule has 0 aliphatic carbocycles. The Morgan fingerprint density at radius 1 is 1.12 bits per heavy atom. The zero-order valence-corrected chi connectivity index (χ0v) is 13.9. The molecule has 0 unspecified atom stereocenters. The third-order valence-corrected chi connectivity index (χ3v) is 3.57. The van der Waals surface area contributed by atoms with E-state index in [0.29, 0.717) is 5.75 Å². The van der Waals surface area contributed by atoms with Crippen LogP contribution in [0.15, 0.2) is 36.4 Å². The number of carboxylic acids is 1. The van der Waals surface area contributed by atoms with Crippen molar-refractivity contribution < 1.29 is 24.2 Å². The van der Waals surface area contributed by atoms with Gasteiger partial charge in [0.1, 0.15) is 5.75 Å². The molecule has 0 radical (unpaired) electrons. The first kappa shape index (κ1) is 17.6. The summed E-state index contributed by atoms with van der Waals surface area (Å²) in [6.07, 6.45) is 0.113. The minimum absolute atomic E-state index is 0.0412. The predicted molar refractivity (Wildman–Crippen MR) is 90.3 cm³/mol.